The van der Waals surface area contributed by atoms with Gasteiger partial charge in [0.05, 0.1) is 17.3 Å². The predicted molar refractivity (Wildman–Crippen MR) is 116 cm³/mol. The van der Waals surface area contributed by atoms with Crippen LogP contribution in [0.1, 0.15) is 22.7 Å². The number of carbonyl (C=O) groups excluding carboxylic acids is 1. The number of para-hydroxylation sites is 1. The Hall–Kier alpha value is -3.04. The standard InChI is InChI=1S/C23H29N5O/c1-18-8-10-19(11-9-18)22(26(2)3)17-25-23(29)28-14-12-27(13-15-28)21-7-5-4-6-20(21)16-24/h4-11,22H,12-15,17H2,1-3H3,(H,25,29)/t22-/m1/s1. The second-order valence-corrected chi connectivity index (χ2v) is 7.68. The van der Waals surface area contributed by atoms with Crippen LogP contribution < -0.4 is 10.2 Å². The van der Waals surface area contributed by atoms with Crippen LogP contribution in [-0.2, 0) is 0 Å². The molecule has 1 fully saturated rings. The van der Waals surface area contributed by atoms with Crippen molar-refractivity contribution in [3.05, 3.63) is 65.2 Å². The number of amides is 2. The van der Waals surface area contributed by atoms with Gasteiger partial charge in [0.2, 0.25) is 0 Å². The molecular weight excluding hydrogens is 362 g/mol. The molecule has 6 heteroatoms. The van der Waals surface area contributed by atoms with Gasteiger partial charge in [0, 0.05) is 32.7 Å². The Morgan fingerprint density at radius 1 is 1.10 bits per heavy atom. The number of anilines is 1. The fourth-order valence-electron chi connectivity index (χ4n) is 3.68. The van der Waals surface area contributed by atoms with E-state index in [4.69, 9.17) is 0 Å². The fourth-order valence-corrected chi connectivity index (χ4v) is 3.68. The van der Waals surface area contributed by atoms with E-state index in [9.17, 15) is 10.1 Å². The Bertz CT molecular complexity index is 864. The lowest BCUT2D eigenvalue weighted by Gasteiger charge is -2.36. The fraction of sp³-hybridized carbons (Fsp3) is 0.391. The lowest BCUT2D eigenvalue weighted by Crippen LogP contribution is -2.52. The lowest BCUT2D eigenvalue weighted by atomic mass is 10.0. The van der Waals surface area contributed by atoms with Crippen molar-refractivity contribution < 1.29 is 4.79 Å². The van der Waals surface area contributed by atoms with E-state index in [2.05, 4.69) is 52.4 Å². The average molecular weight is 392 g/mol. The number of piperazine rings is 1. The molecule has 2 aromatic rings. The first kappa shape index (κ1) is 20.7. The van der Waals surface area contributed by atoms with Gasteiger partial charge in [-0.15, -0.1) is 0 Å². The number of nitrogens with one attached hydrogen (secondary N) is 1. The van der Waals surface area contributed by atoms with Crippen molar-refractivity contribution in [1.82, 2.24) is 15.1 Å². The number of urea groups is 1. The summed E-state index contributed by atoms with van der Waals surface area (Å²) in [6, 6.07) is 18.4. The van der Waals surface area contributed by atoms with Crippen LogP contribution in [0.4, 0.5) is 10.5 Å². The molecule has 152 valence electrons. The molecule has 6 nitrogen and oxygen atoms in total. The number of carbonyl (C=O) groups is 1. The Morgan fingerprint density at radius 3 is 2.38 bits per heavy atom. The molecule has 0 aromatic heterocycles. The van der Waals surface area contributed by atoms with Crippen LogP contribution in [0, 0.1) is 18.3 Å². The summed E-state index contributed by atoms with van der Waals surface area (Å²) in [5.74, 6) is 0. The Labute approximate surface area is 173 Å². The second-order valence-electron chi connectivity index (χ2n) is 7.68. The largest absolute Gasteiger partial charge is 0.367 e. The van der Waals surface area contributed by atoms with Crippen LogP contribution in [-0.4, -0.2) is 62.7 Å². The summed E-state index contributed by atoms with van der Waals surface area (Å²) >= 11 is 0. The summed E-state index contributed by atoms with van der Waals surface area (Å²) in [7, 11) is 4.06. The zero-order valence-electron chi connectivity index (χ0n) is 17.4. The van der Waals surface area contributed by atoms with Crippen molar-refractivity contribution in [3.8, 4) is 6.07 Å². The summed E-state index contributed by atoms with van der Waals surface area (Å²) < 4.78 is 0. The lowest BCUT2D eigenvalue weighted by molar-refractivity contribution is 0.189. The van der Waals surface area contributed by atoms with Gasteiger partial charge in [0.15, 0.2) is 0 Å². The van der Waals surface area contributed by atoms with Gasteiger partial charge in [-0.2, -0.15) is 5.26 Å². The predicted octanol–water partition coefficient (Wildman–Crippen LogP) is 3.00. The minimum absolute atomic E-state index is 0.0304. The van der Waals surface area contributed by atoms with Crippen LogP contribution in [0.3, 0.4) is 0 Å². The molecule has 29 heavy (non-hydrogen) atoms. The number of rotatable bonds is 5. The van der Waals surface area contributed by atoms with Crippen molar-refractivity contribution in [2.24, 2.45) is 0 Å². The molecule has 1 aliphatic rings. The molecule has 1 N–H and O–H groups in total. The Kier molecular flexibility index (Phi) is 6.73. The minimum Gasteiger partial charge on any atom is -0.367 e. The highest BCUT2D eigenvalue weighted by Gasteiger charge is 2.23. The summed E-state index contributed by atoms with van der Waals surface area (Å²) in [6.07, 6.45) is 0. The van der Waals surface area contributed by atoms with Crippen molar-refractivity contribution in [3.63, 3.8) is 0 Å². The number of likely N-dealkylation sites (N-methyl/N-ethyl adjacent to an activating group) is 1. The number of hydrogen-bond donors (Lipinski definition) is 1. The maximum absolute atomic E-state index is 12.7. The molecule has 2 aromatic carbocycles. The van der Waals surface area contributed by atoms with E-state index in [-0.39, 0.29) is 12.1 Å². The van der Waals surface area contributed by atoms with Crippen molar-refractivity contribution >= 4 is 11.7 Å². The highest BCUT2D eigenvalue weighted by atomic mass is 16.2. The number of benzene rings is 2. The van der Waals surface area contributed by atoms with Gasteiger partial charge in [0.1, 0.15) is 6.07 Å². The van der Waals surface area contributed by atoms with Crippen LogP contribution in [0.25, 0.3) is 0 Å². The topological polar surface area (TPSA) is 62.6 Å². The van der Waals surface area contributed by atoms with Crippen LogP contribution >= 0.6 is 0 Å². The minimum atomic E-state index is -0.0304. The summed E-state index contributed by atoms with van der Waals surface area (Å²) in [5.41, 5.74) is 4.05. The van der Waals surface area contributed by atoms with Crippen molar-refractivity contribution in [2.75, 3.05) is 51.7 Å². The third-order valence-electron chi connectivity index (χ3n) is 5.46. The molecule has 1 atom stereocenters. The zero-order chi connectivity index (χ0) is 20.8. The average Bonchev–Trinajstić information content (AvgIpc) is 2.75. The molecule has 3 rings (SSSR count). The summed E-state index contributed by atoms with van der Waals surface area (Å²) in [6.45, 7) is 5.37. The van der Waals surface area contributed by atoms with Crippen LogP contribution in [0.2, 0.25) is 0 Å². The molecule has 0 bridgehead atoms. The van der Waals surface area contributed by atoms with E-state index in [0.29, 0.717) is 25.2 Å². The SMILES string of the molecule is Cc1ccc([C@@H](CNC(=O)N2CCN(c3ccccc3C#N)CC2)N(C)C)cc1. The Balaban J connectivity index is 1.55. The molecule has 0 saturated carbocycles. The maximum atomic E-state index is 12.7. The van der Waals surface area contributed by atoms with Gasteiger partial charge in [-0.05, 0) is 38.7 Å². The van der Waals surface area contributed by atoms with Gasteiger partial charge in [-0.3, -0.25) is 0 Å². The van der Waals surface area contributed by atoms with Gasteiger partial charge in [0.25, 0.3) is 0 Å². The van der Waals surface area contributed by atoms with Gasteiger partial charge >= 0.3 is 6.03 Å². The summed E-state index contributed by atoms with van der Waals surface area (Å²) in [4.78, 5) is 18.9. The first-order valence-electron chi connectivity index (χ1n) is 9.99. The highest BCUT2D eigenvalue weighted by Crippen LogP contribution is 2.21. The van der Waals surface area contributed by atoms with Gasteiger partial charge < -0.3 is 20.0 Å². The van der Waals surface area contributed by atoms with Crippen molar-refractivity contribution in [1.29, 1.82) is 5.26 Å². The molecule has 2 amide bonds. The number of aryl methyl sites for hydroxylation is 1. The molecule has 0 unspecified atom stereocenters. The molecule has 0 aliphatic carbocycles. The van der Waals surface area contributed by atoms with E-state index in [1.807, 2.05) is 43.3 Å². The molecule has 1 saturated heterocycles. The van der Waals surface area contributed by atoms with E-state index in [1.54, 1.807) is 0 Å². The third-order valence-corrected chi connectivity index (χ3v) is 5.46. The van der Waals surface area contributed by atoms with Gasteiger partial charge in [-0.25, -0.2) is 4.79 Å². The number of nitriles is 1. The third kappa shape index (κ3) is 5.07. The molecule has 0 spiro atoms. The normalized spacial score (nSPS) is 15.1. The smallest absolute Gasteiger partial charge is 0.317 e. The monoisotopic (exact) mass is 391 g/mol. The summed E-state index contributed by atoms with van der Waals surface area (Å²) in [5, 5.41) is 12.4. The zero-order valence-corrected chi connectivity index (χ0v) is 17.4. The Morgan fingerprint density at radius 2 is 1.76 bits per heavy atom. The second kappa shape index (κ2) is 9.44. The molecule has 0 radical (unpaired) electrons. The highest BCUT2D eigenvalue weighted by molar-refractivity contribution is 5.74. The van der Waals surface area contributed by atoms with E-state index < -0.39 is 0 Å². The van der Waals surface area contributed by atoms with Crippen LogP contribution in [0.5, 0.6) is 0 Å². The quantitative estimate of drug-likeness (QED) is 0.851. The molecule has 1 aliphatic heterocycles. The van der Waals surface area contributed by atoms with Gasteiger partial charge in [-0.1, -0.05) is 42.0 Å². The van der Waals surface area contributed by atoms with E-state index in [0.717, 1.165) is 18.8 Å². The number of hydrogen-bond acceptors (Lipinski definition) is 4. The molecule has 1 heterocycles. The van der Waals surface area contributed by atoms with Crippen molar-refractivity contribution in [2.45, 2.75) is 13.0 Å². The van der Waals surface area contributed by atoms with Crippen LogP contribution in [0.15, 0.2) is 48.5 Å². The first-order valence-corrected chi connectivity index (χ1v) is 9.99. The molecular formula is C23H29N5O. The first-order chi connectivity index (χ1) is 14.0. The van der Waals surface area contributed by atoms with E-state index in [1.165, 1.54) is 11.1 Å². The van der Waals surface area contributed by atoms with E-state index >= 15 is 0 Å². The maximum Gasteiger partial charge on any atom is 0.317 e. The number of nitrogens with zero attached hydrogens (tertiary/aromatic N) is 4.